The van der Waals surface area contributed by atoms with E-state index in [2.05, 4.69) is 0 Å². The minimum Gasteiger partial charge on any atom is -0.458 e. The van der Waals surface area contributed by atoms with Crippen molar-refractivity contribution in [2.45, 2.75) is 10.9 Å². The second-order valence-electron chi connectivity index (χ2n) is 3.53. The van der Waals surface area contributed by atoms with Crippen LogP contribution in [0.4, 0.5) is 0 Å². The van der Waals surface area contributed by atoms with E-state index in [0.29, 0.717) is 12.2 Å². The molecule has 17 heavy (non-hydrogen) atoms. The molecule has 0 bridgehead atoms. The standard InChI is InChI=1S/C12H14O4S/c1-14-10-7-15-11(17-10)8-16-12(13)9-5-3-2-4-6-9/h2-6,10-11H,7-8H2,1H3. The number of ether oxygens (including phenoxy) is 3. The third kappa shape index (κ3) is 3.46. The highest BCUT2D eigenvalue weighted by molar-refractivity contribution is 8.00. The summed E-state index contributed by atoms with van der Waals surface area (Å²) >= 11 is 1.53. The molecule has 0 aliphatic carbocycles. The highest BCUT2D eigenvalue weighted by Gasteiger charge is 2.27. The van der Waals surface area contributed by atoms with Crippen molar-refractivity contribution in [3.05, 3.63) is 35.9 Å². The van der Waals surface area contributed by atoms with E-state index in [1.54, 1.807) is 31.4 Å². The minimum atomic E-state index is -0.323. The van der Waals surface area contributed by atoms with Crippen LogP contribution in [0.15, 0.2) is 30.3 Å². The van der Waals surface area contributed by atoms with Gasteiger partial charge in [-0.1, -0.05) is 30.0 Å². The van der Waals surface area contributed by atoms with E-state index in [1.165, 1.54) is 11.8 Å². The van der Waals surface area contributed by atoms with Crippen molar-refractivity contribution in [1.82, 2.24) is 0 Å². The maximum Gasteiger partial charge on any atom is 0.338 e. The number of thioether (sulfide) groups is 1. The minimum absolute atomic E-state index is 0.0374. The molecule has 92 valence electrons. The number of benzene rings is 1. The molecular weight excluding hydrogens is 240 g/mol. The lowest BCUT2D eigenvalue weighted by atomic mass is 10.2. The van der Waals surface area contributed by atoms with Crippen molar-refractivity contribution in [1.29, 1.82) is 0 Å². The molecule has 5 heteroatoms. The van der Waals surface area contributed by atoms with Gasteiger partial charge in [-0.3, -0.25) is 0 Å². The zero-order valence-electron chi connectivity index (χ0n) is 9.50. The lowest BCUT2D eigenvalue weighted by molar-refractivity contribution is 0.0185. The lowest BCUT2D eigenvalue weighted by Gasteiger charge is -2.09. The van der Waals surface area contributed by atoms with Gasteiger partial charge in [0.05, 0.1) is 12.2 Å². The molecule has 1 aromatic carbocycles. The zero-order valence-corrected chi connectivity index (χ0v) is 10.3. The summed E-state index contributed by atoms with van der Waals surface area (Å²) in [6.07, 6.45) is 0. The maximum atomic E-state index is 11.6. The van der Waals surface area contributed by atoms with Gasteiger partial charge in [-0.2, -0.15) is 0 Å². The molecule has 0 N–H and O–H groups in total. The Balaban J connectivity index is 1.78. The first-order valence-corrected chi connectivity index (χ1v) is 6.26. The van der Waals surface area contributed by atoms with E-state index in [1.807, 2.05) is 6.07 Å². The van der Waals surface area contributed by atoms with Crippen LogP contribution >= 0.6 is 11.8 Å². The molecule has 1 fully saturated rings. The number of methoxy groups -OCH3 is 1. The van der Waals surface area contributed by atoms with Gasteiger partial charge in [-0.05, 0) is 12.1 Å². The monoisotopic (exact) mass is 254 g/mol. The number of carbonyl (C=O) groups excluding carboxylic acids is 1. The average molecular weight is 254 g/mol. The lowest BCUT2D eigenvalue weighted by Crippen LogP contribution is -2.15. The summed E-state index contributed by atoms with van der Waals surface area (Å²) < 4.78 is 15.7. The fraction of sp³-hybridized carbons (Fsp3) is 0.417. The van der Waals surface area contributed by atoms with E-state index in [-0.39, 0.29) is 23.4 Å². The van der Waals surface area contributed by atoms with Gasteiger partial charge < -0.3 is 14.2 Å². The Kier molecular flexibility index (Phi) is 4.42. The normalized spacial score (nSPS) is 23.6. The molecule has 1 aliphatic heterocycles. The van der Waals surface area contributed by atoms with Crippen LogP contribution in [-0.2, 0) is 14.2 Å². The average Bonchev–Trinajstić information content (AvgIpc) is 2.85. The number of hydrogen-bond donors (Lipinski definition) is 0. The Morgan fingerprint density at radius 2 is 2.24 bits per heavy atom. The highest BCUT2D eigenvalue weighted by atomic mass is 32.2. The molecule has 2 rings (SSSR count). The van der Waals surface area contributed by atoms with Gasteiger partial charge in [0, 0.05) is 7.11 Å². The molecule has 0 aromatic heterocycles. The maximum absolute atomic E-state index is 11.6. The molecule has 0 saturated carbocycles. The predicted octanol–water partition coefficient (Wildman–Crippen LogP) is 1.91. The largest absolute Gasteiger partial charge is 0.458 e. The smallest absolute Gasteiger partial charge is 0.338 e. The topological polar surface area (TPSA) is 44.8 Å². The van der Waals surface area contributed by atoms with Crippen molar-refractivity contribution < 1.29 is 19.0 Å². The molecule has 0 radical (unpaired) electrons. The van der Waals surface area contributed by atoms with Crippen LogP contribution in [0.1, 0.15) is 10.4 Å². The van der Waals surface area contributed by atoms with Crippen molar-refractivity contribution >= 4 is 17.7 Å². The van der Waals surface area contributed by atoms with Gasteiger partial charge in [0.1, 0.15) is 17.5 Å². The third-order valence-corrected chi connectivity index (χ3v) is 3.55. The van der Waals surface area contributed by atoms with Crippen molar-refractivity contribution in [2.24, 2.45) is 0 Å². The van der Waals surface area contributed by atoms with Crippen LogP contribution < -0.4 is 0 Å². The molecule has 2 atom stereocenters. The van der Waals surface area contributed by atoms with Crippen LogP contribution in [0.3, 0.4) is 0 Å². The molecule has 4 nitrogen and oxygen atoms in total. The van der Waals surface area contributed by atoms with Gasteiger partial charge in [-0.15, -0.1) is 0 Å². The van der Waals surface area contributed by atoms with E-state index in [4.69, 9.17) is 14.2 Å². The molecule has 1 aliphatic rings. The van der Waals surface area contributed by atoms with E-state index in [0.717, 1.165) is 0 Å². The van der Waals surface area contributed by atoms with E-state index >= 15 is 0 Å². The fourth-order valence-corrected chi connectivity index (χ4v) is 2.36. The Morgan fingerprint density at radius 1 is 1.47 bits per heavy atom. The highest BCUT2D eigenvalue weighted by Crippen LogP contribution is 2.27. The number of carbonyl (C=O) groups is 1. The van der Waals surface area contributed by atoms with Gasteiger partial charge in [-0.25, -0.2) is 4.79 Å². The Labute approximate surface area is 104 Å². The van der Waals surface area contributed by atoms with Crippen LogP contribution in [0.25, 0.3) is 0 Å². The van der Waals surface area contributed by atoms with Crippen LogP contribution in [0, 0.1) is 0 Å². The summed E-state index contributed by atoms with van der Waals surface area (Å²) in [5, 5.41) is 0. The first-order valence-electron chi connectivity index (χ1n) is 5.31. The summed E-state index contributed by atoms with van der Waals surface area (Å²) in [7, 11) is 1.64. The number of esters is 1. The fourth-order valence-electron chi connectivity index (χ4n) is 1.45. The molecule has 0 amide bonds. The summed E-state index contributed by atoms with van der Waals surface area (Å²) in [4.78, 5) is 11.6. The third-order valence-electron chi connectivity index (χ3n) is 2.34. The SMILES string of the molecule is COC1COC(COC(=O)c2ccccc2)S1. The summed E-state index contributed by atoms with van der Waals surface area (Å²) in [5.41, 5.74) is 0.460. The number of rotatable bonds is 4. The Bertz CT molecular complexity index is 368. The second-order valence-corrected chi connectivity index (χ2v) is 4.85. The van der Waals surface area contributed by atoms with Crippen molar-refractivity contribution in [2.75, 3.05) is 20.3 Å². The van der Waals surface area contributed by atoms with Crippen molar-refractivity contribution in [3.63, 3.8) is 0 Å². The number of hydrogen-bond acceptors (Lipinski definition) is 5. The first-order chi connectivity index (χ1) is 8.29. The quantitative estimate of drug-likeness (QED) is 0.768. The van der Waals surface area contributed by atoms with Crippen LogP contribution in [-0.4, -0.2) is 37.2 Å². The molecule has 1 heterocycles. The van der Waals surface area contributed by atoms with Crippen LogP contribution in [0.5, 0.6) is 0 Å². The van der Waals surface area contributed by atoms with Gasteiger partial charge in [0.25, 0.3) is 0 Å². The Hall–Kier alpha value is -1.04. The second kappa shape index (κ2) is 6.05. The van der Waals surface area contributed by atoms with E-state index < -0.39 is 0 Å². The summed E-state index contributed by atoms with van der Waals surface area (Å²) in [6.45, 7) is 0.785. The Morgan fingerprint density at radius 3 is 2.88 bits per heavy atom. The molecule has 1 saturated heterocycles. The summed E-state index contributed by atoms with van der Waals surface area (Å²) in [6, 6.07) is 8.92. The van der Waals surface area contributed by atoms with Gasteiger partial charge in [0.2, 0.25) is 0 Å². The molecule has 1 aromatic rings. The zero-order chi connectivity index (χ0) is 12.1. The van der Waals surface area contributed by atoms with Crippen LogP contribution in [0.2, 0.25) is 0 Å². The predicted molar refractivity (Wildman–Crippen MR) is 64.9 cm³/mol. The molecule has 2 unspecified atom stereocenters. The van der Waals surface area contributed by atoms with E-state index in [9.17, 15) is 4.79 Å². The molecular formula is C12H14O4S. The van der Waals surface area contributed by atoms with Gasteiger partial charge in [0.15, 0.2) is 0 Å². The van der Waals surface area contributed by atoms with Crippen molar-refractivity contribution in [3.8, 4) is 0 Å². The summed E-state index contributed by atoms with van der Waals surface area (Å²) in [5.74, 6) is -0.323. The first kappa shape index (κ1) is 12.4. The van der Waals surface area contributed by atoms with Gasteiger partial charge >= 0.3 is 5.97 Å². The molecule has 0 spiro atoms.